The van der Waals surface area contributed by atoms with Gasteiger partial charge in [-0.25, -0.2) is 4.98 Å². The summed E-state index contributed by atoms with van der Waals surface area (Å²) in [6.07, 6.45) is 1.65. The minimum Gasteiger partial charge on any atom is -0.455 e. The Labute approximate surface area is 155 Å². The molecule has 1 amide bonds. The number of para-hydroxylation sites is 1. The van der Waals surface area contributed by atoms with Crippen LogP contribution >= 0.6 is 11.3 Å². The number of Topliss-reactive ketones (excluding diaryl/α,β-unsaturated/α-hetero) is 1. The van der Waals surface area contributed by atoms with Crippen molar-refractivity contribution in [2.24, 2.45) is 0 Å². The Morgan fingerprint density at radius 2 is 1.96 bits per heavy atom. The maximum absolute atomic E-state index is 12.8. The molecular weight excluding hydrogens is 348 g/mol. The number of fused-ring (bicyclic) bond motifs is 3. The largest absolute Gasteiger partial charge is 0.455 e. The van der Waals surface area contributed by atoms with Crippen molar-refractivity contribution in [1.29, 1.82) is 0 Å². The molecule has 0 bridgehead atoms. The fraction of sp³-hybridized carbons (Fsp3) is 0.250. The predicted molar refractivity (Wildman–Crippen MR) is 101 cm³/mol. The molecule has 1 aromatic carbocycles. The van der Waals surface area contributed by atoms with E-state index in [1.165, 1.54) is 11.8 Å². The van der Waals surface area contributed by atoms with Crippen molar-refractivity contribution in [3.63, 3.8) is 0 Å². The molecule has 3 aromatic rings. The molecule has 0 aliphatic heterocycles. The minimum absolute atomic E-state index is 0.0982. The third kappa shape index (κ3) is 2.66. The molecule has 0 saturated heterocycles. The van der Waals surface area contributed by atoms with E-state index in [9.17, 15) is 9.59 Å². The van der Waals surface area contributed by atoms with Crippen LogP contribution in [0.3, 0.4) is 0 Å². The maximum atomic E-state index is 12.8. The van der Waals surface area contributed by atoms with Gasteiger partial charge in [-0.3, -0.25) is 9.59 Å². The lowest BCUT2D eigenvalue weighted by atomic mass is 9.97. The first-order chi connectivity index (χ1) is 12.5. The molecule has 5 nitrogen and oxygen atoms in total. The second-order valence-electron chi connectivity index (χ2n) is 6.41. The van der Waals surface area contributed by atoms with E-state index in [0.717, 1.165) is 40.4 Å². The first kappa shape index (κ1) is 16.7. The Bertz CT molecular complexity index is 1050. The summed E-state index contributed by atoms with van der Waals surface area (Å²) in [5.74, 6) is 0.648. The van der Waals surface area contributed by atoms with Gasteiger partial charge in [-0.1, -0.05) is 12.1 Å². The quantitative estimate of drug-likeness (QED) is 0.689. The molecule has 1 aliphatic carbocycles. The molecule has 6 heteroatoms. The summed E-state index contributed by atoms with van der Waals surface area (Å²) in [6.45, 7) is 5.36. The van der Waals surface area contributed by atoms with Crippen molar-refractivity contribution in [1.82, 2.24) is 4.98 Å². The minimum atomic E-state index is -0.348. The van der Waals surface area contributed by atoms with Gasteiger partial charge in [0.2, 0.25) is 0 Å². The average molecular weight is 366 g/mol. The van der Waals surface area contributed by atoms with Crippen LogP contribution in [-0.2, 0) is 12.8 Å². The Morgan fingerprint density at radius 3 is 2.73 bits per heavy atom. The van der Waals surface area contributed by atoms with E-state index in [4.69, 9.17) is 4.42 Å². The molecule has 132 valence electrons. The van der Waals surface area contributed by atoms with Gasteiger partial charge in [-0.15, -0.1) is 11.3 Å². The zero-order chi connectivity index (χ0) is 18.4. The molecule has 4 rings (SSSR count). The molecule has 0 unspecified atom stereocenters. The van der Waals surface area contributed by atoms with Gasteiger partial charge in [-0.05, 0) is 39.3 Å². The van der Waals surface area contributed by atoms with Crippen LogP contribution in [0.1, 0.15) is 49.0 Å². The molecular formula is C20H18N2O3S. The molecule has 2 heterocycles. The molecule has 1 N–H and O–H groups in total. The lowest BCUT2D eigenvalue weighted by Gasteiger charge is -2.09. The van der Waals surface area contributed by atoms with Gasteiger partial charge < -0.3 is 9.73 Å². The number of benzene rings is 1. The number of carbonyl (C=O) groups excluding carboxylic acids is 2. The highest BCUT2D eigenvalue weighted by Crippen LogP contribution is 2.41. The van der Waals surface area contributed by atoms with Gasteiger partial charge >= 0.3 is 0 Å². The van der Waals surface area contributed by atoms with Gasteiger partial charge in [0.05, 0.1) is 16.4 Å². The summed E-state index contributed by atoms with van der Waals surface area (Å²) in [5, 5.41) is 3.83. The van der Waals surface area contributed by atoms with E-state index in [-0.39, 0.29) is 17.5 Å². The van der Waals surface area contributed by atoms with Crippen LogP contribution in [0.15, 0.2) is 28.7 Å². The summed E-state index contributed by atoms with van der Waals surface area (Å²) >= 11 is 1.70. The first-order valence-corrected chi connectivity index (χ1v) is 9.27. The molecule has 2 aromatic heterocycles. The van der Waals surface area contributed by atoms with Crippen LogP contribution in [0.4, 0.5) is 5.69 Å². The van der Waals surface area contributed by atoms with Crippen molar-refractivity contribution in [2.45, 2.75) is 33.6 Å². The number of carbonyl (C=O) groups is 2. The number of furan rings is 1. The highest BCUT2D eigenvalue weighted by molar-refractivity contribution is 7.12. The molecule has 26 heavy (non-hydrogen) atoms. The number of ketones is 1. The number of hydrogen-bond donors (Lipinski definition) is 1. The Kier molecular flexibility index (Phi) is 4.00. The number of aryl methyl sites for hydroxylation is 3. The smallest absolute Gasteiger partial charge is 0.291 e. The molecule has 0 radical (unpaired) electrons. The summed E-state index contributed by atoms with van der Waals surface area (Å²) in [7, 11) is 0. The molecule has 0 fully saturated rings. The van der Waals surface area contributed by atoms with Crippen molar-refractivity contribution in [3.8, 4) is 11.3 Å². The van der Waals surface area contributed by atoms with Gasteiger partial charge in [0, 0.05) is 28.0 Å². The number of nitrogens with zero attached hydrogens (tertiary/aromatic N) is 1. The van der Waals surface area contributed by atoms with E-state index < -0.39 is 0 Å². The van der Waals surface area contributed by atoms with Crippen LogP contribution in [0.25, 0.3) is 11.3 Å². The molecule has 0 atom stereocenters. The maximum Gasteiger partial charge on any atom is 0.291 e. The fourth-order valence-corrected chi connectivity index (χ4v) is 4.36. The number of thiazole rings is 1. The normalized spacial score (nSPS) is 12.4. The van der Waals surface area contributed by atoms with Crippen LogP contribution in [0.5, 0.6) is 0 Å². The first-order valence-electron chi connectivity index (χ1n) is 8.46. The number of rotatable bonds is 3. The van der Waals surface area contributed by atoms with Gasteiger partial charge in [0.25, 0.3) is 5.91 Å². The van der Waals surface area contributed by atoms with Crippen molar-refractivity contribution < 1.29 is 14.0 Å². The van der Waals surface area contributed by atoms with Crippen LogP contribution in [0, 0.1) is 13.8 Å². The van der Waals surface area contributed by atoms with Crippen molar-refractivity contribution >= 4 is 28.7 Å². The highest BCUT2D eigenvalue weighted by atomic mass is 32.1. The standard InChI is InChI=1S/C20H18N2O3S/c1-10-17-15(8-9-16-18(17)21-12(3)26-16)25-19(10)20(24)22-14-7-5-4-6-13(14)11(2)23/h4-7H,8-9H2,1-3H3,(H,22,24). The van der Waals surface area contributed by atoms with Gasteiger partial charge in [-0.2, -0.15) is 0 Å². The van der Waals surface area contributed by atoms with E-state index in [2.05, 4.69) is 10.3 Å². The van der Waals surface area contributed by atoms with Crippen molar-refractivity contribution in [2.75, 3.05) is 5.32 Å². The predicted octanol–water partition coefficient (Wildman–Crippen LogP) is 4.57. The zero-order valence-electron chi connectivity index (χ0n) is 14.8. The highest BCUT2D eigenvalue weighted by Gasteiger charge is 2.30. The monoisotopic (exact) mass is 366 g/mol. The number of amides is 1. The van der Waals surface area contributed by atoms with Gasteiger partial charge in [0.1, 0.15) is 5.76 Å². The number of hydrogen-bond acceptors (Lipinski definition) is 5. The van der Waals surface area contributed by atoms with E-state index >= 15 is 0 Å². The lowest BCUT2D eigenvalue weighted by Crippen LogP contribution is -2.14. The molecule has 0 spiro atoms. The SMILES string of the molecule is CC(=O)c1ccccc1NC(=O)c1oc2c(c1C)-c1nc(C)sc1CC2. The Balaban J connectivity index is 1.71. The number of anilines is 1. The fourth-order valence-electron chi connectivity index (χ4n) is 3.42. The summed E-state index contributed by atoms with van der Waals surface area (Å²) in [4.78, 5) is 30.5. The van der Waals surface area contributed by atoms with Crippen molar-refractivity contribution in [3.05, 3.63) is 56.8 Å². The van der Waals surface area contributed by atoms with E-state index in [1.54, 1.807) is 35.6 Å². The van der Waals surface area contributed by atoms with Crippen LogP contribution in [-0.4, -0.2) is 16.7 Å². The summed E-state index contributed by atoms with van der Waals surface area (Å²) in [6, 6.07) is 6.97. The average Bonchev–Trinajstić information content (AvgIpc) is 3.14. The second kappa shape index (κ2) is 6.21. The molecule has 1 aliphatic rings. The molecule has 0 saturated carbocycles. The third-order valence-electron chi connectivity index (χ3n) is 4.60. The second-order valence-corrected chi connectivity index (χ2v) is 7.70. The zero-order valence-corrected chi connectivity index (χ0v) is 15.6. The third-order valence-corrected chi connectivity index (χ3v) is 5.63. The van der Waals surface area contributed by atoms with E-state index in [0.29, 0.717) is 11.3 Å². The van der Waals surface area contributed by atoms with Crippen LogP contribution < -0.4 is 5.32 Å². The summed E-state index contributed by atoms with van der Waals surface area (Å²) in [5.41, 5.74) is 3.65. The topological polar surface area (TPSA) is 72.2 Å². The van der Waals surface area contributed by atoms with Gasteiger partial charge in [0.15, 0.2) is 11.5 Å². The Morgan fingerprint density at radius 1 is 1.19 bits per heavy atom. The van der Waals surface area contributed by atoms with E-state index in [1.807, 2.05) is 13.8 Å². The number of nitrogens with one attached hydrogen (secondary N) is 1. The number of aromatic nitrogens is 1. The summed E-state index contributed by atoms with van der Waals surface area (Å²) < 4.78 is 5.91. The van der Waals surface area contributed by atoms with Crippen LogP contribution in [0.2, 0.25) is 0 Å². The lowest BCUT2D eigenvalue weighted by molar-refractivity contribution is 0.0994. The Hall–Kier alpha value is -2.73.